The number of nitriles is 1. The van der Waals surface area contributed by atoms with E-state index in [0.29, 0.717) is 29.8 Å². The van der Waals surface area contributed by atoms with E-state index >= 15 is 0 Å². The summed E-state index contributed by atoms with van der Waals surface area (Å²) in [7, 11) is 0. The summed E-state index contributed by atoms with van der Waals surface area (Å²) in [4.78, 5) is 12.0. The Hall–Kier alpha value is -3.87. The number of halogens is 4. The number of aryl methyl sites for hydroxylation is 1. The lowest BCUT2D eigenvalue weighted by atomic mass is 10.1. The lowest BCUT2D eigenvalue weighted by Crippen LogP contribution is -2.26. The maximum absolute atomic E-state index is 13.1. The van der Waals surface area contributed by atoms with Gasteiger partial charge in [-0.1, -0.05) is 12.1 Å². The number of benzene rings is 2. The molecule has 3 N–H and O–H groups in total. The molecule has 0 radical (unpaired) electrons. The van der Waals surface area contributed by atoms with E-state index in [-0.39, 0.29) is 30.3 Å². The molecule has 1 amide bonds. The van der Waals surface area contributed by atoms with Gasteiger partial charge in [0.15, 0.2) is 0 Å². The predicted octanol–water partition coefficient (Wildman–Crippen LogP) is 3.78. The van der Waals surface area contributed by atoms with Gasteiger partial charge in [-0.3, -0.25) is 4.79 Å². The summed E-state index contributed by atoms with van der Waals surface area (Å²) in [6, 6.07) is 11.9. The van der Waals surface area contributed by atoms with Crippen molar-refractivity contribution in [3.05, 3.63) is 76.7 Å². The molecule has 0 spiro atoms. The van der Waals surface area contributed by atoms with Crippen LogP contribution in [0.1, 0.15) is 28.8 Å². The lowest BCUT2D eigenvalue weighted by molar-refractivity contribution is -0.137. The smallest absolute Gasteiger partial charge is 0.382 e. The SMILES string of the molecule is N#Cc1c(CCCNC(=O)Cc2ccc(C(F)(F)F)cc2)nn(-c2ccc(F)cc2)c1N. The number of alkyl halides is 3. The van der Waals surface area contributed by atoms with Crippen molar-refractivity contribution in [2.24, 2.45) is 0 Å². The number of nitrogens with two attached hydrogens (primary N) is 1. The standard InChI is InChI=1S/C22H19F4N5O/c23-16-7-9-17(10-8-16)31-21(28)18(13-27)19(30-31)2-1-11-29-20(32)12-14-3-5-15(6-4-14)22(24,25)26/h3-10H,1-2,11-12,28H2,(H,29,32). The Morgan fingerprint density at radius 2 is 1.78 bits per heavy atom. The molecule has 2 aromatic carbocycles. The molecule has 0 aliphatic rings. The maximum Gasteiger partial charge on any atom is 0.416 e. The van der Waals surface area contributed by atoms with E-state index in [1.54, 1.807) is 0 Å². The molecular weight excluding hydrogens is 426 g/mol. The highest BCUT2D eigenvalue weighted by Gasteiger charge is 2.30. The highest BCUT2D eigenvalue weighted by atomic mass is 19.4. The Kier molecular flexibility index (Phi) is 6.78. The second-order valence-corrected chi connectivity index (χ2v) is 7.03. The second-order valence-electron chi connectivity index (χ2n) is 7.03. The van der Waals surface area contributed by atoms with Crippen molar-refractivity contribution >= 4 is 11.7 Å². The van der Waals surface area contributed by atoms with Crippen LogP contribution in [0.3, 0.4) is 0 Å². The molecule has 0 atom stereocenters. The third-order valence-corrected chi connectivity index (χ3v) is 4.74. The fourth-order valence-electron chi connectivity index (χ4n) is 3.10. The van der Waals surface area contributed by atoms with E-state index in [2.05, 4.69) is 10.4 Å². The third-order valence-electron chi connectivity index (χ3n) is 4.74. The van der Waals surface area contributed by atoms with Gasteiger partial charge >= 0.3 is 6.18 Å². The number of anilines is 1. The molecule has 166 valence electrons. The van der Waals surface area contributed by atoms with Crippen LogP contribution in [0.4, 0.5) is 23.4 Å². The van der Waals surface area contributed by atoms with Gasteiger partial charge in [0.2, 0.25) is 5.91 Å². The molecular formula is C22H19F4N5O. The average Bonchev–Trinajstić information content (AvgIpc) is 3.06. The van der Waals surface area contributed by atoms with Gasteiger partial charge in [-0.2, -0.15) is 23.5 Å². The quantitative estimate of drug-likeness (QED) is 0.427. The first-order chi connectivity index (χ1) is 15.2. The van der Waals surface area contributed by atoms with Gasteiger partial charge in [-0.15, -0.1) is 0 Å². The first-order valence-corrected chi connectivity index (χ1v) is 9.65. The molecule has 1 heterocycles. The Bertz CT molecular complexity index is 1130. The van der Waals surface area contributed by atoms with Crippen LogP contribution in [0, 0.1) is 17.1 Å². The van der Waals surface area contributed by atoms with Crippen molar-refractivity contribution in [3.63, 3.8) is 0 Å². The van der Waals surface area contributed by atoms with Gasteiger partial charge in [0.25, 0.3) is 0 Å². The zero-order chi connectivity index (χ0) is 23.3. The second kappa shape index (κ2) is 9.51. The molecule has 0 saturated carbocycles. The van der Waals surface area contributed by atoms with E-state index in [4.69, 9.17) is 5.73 Å². The largest absolute Gasteiger partial charge is 0.416 e. The molecule has 0 aliphatic carbocycles. The summed E-state index contributed by atoms with van der Waals surface area (Å²) < 4.78 is 52.3. The van der Waals surface area contributed by atoms with Gasteiger partial charge in [0.1, 0.15) is 23.3 Å². The summed E-state index contributed by atoms with van der Waals surface area (Å²) in [5.41, 5.74) is 6.88. The predicted molar refractivity (Wildman–Crippen MR) is 109 cm³/mol. The van der Waals surface area contributed by atoms with Crippen LogP contribution in [-0.2, 0) is 23.8 Å². The van der Waals surface area contributed by atoms with Crippen LogP contribution in [0.15, 0.2) is 48.5 Å². The van der Waals surface area contributed by atoms with Crippen molar-refractivity contribution in [3.8, 4) is 11.8 Å². The zero-order valence-electron chi connectivity index (χ0n) is 16.8. The lowest BCUT2D eigenvalue weighted by Gasteiger charge is -2.08. The van der Waals surface area contributed by atoms with Crippen LogP contribution in [0.25, 0.3) is 5.69 Å². The van der Waals surface area contributed by atoms with Gasteiger partial charge in [0, 0.05) is 6.54 Å². The molecule has 3 aromatic rings. The van der Waals surface area contributed by atoms with E-state index in [1.807, 2.05) is 6.07 Å². The minimum absolute atomic E-state index is 0.0479. The van der Waals surface area contributed by atoms with Crippen molar-refractivity contribution < 1.29 is 22.4 Å². The number of carbonyl (C=O) groups excluding carboxylic acids is 1. The zero-order valence-corrected chi connectivity index (χ0v) is 16.8. The van der Waals surface area contributed by atoms with E-state index < -0.39 is 17.6 Å². The fraction of sp³-hybridized carbons (Fsp3) is 0.227. The third kappa shape index (κ3) is 5.43. The molecule has 0 aliphatic heterocycles. The van der Waals surface area contributed by atoms with Crippen LogP contribution in [0.5, 0.6) is 0 Å². The highest BCUT2D eigenvalue weighted by Crippen LogP contribution is 2.29. The van der Waals surface area contributed by atoms with Crippen molar-refractivity contribution in [1.29, 1.82) is 5.26 Å². The minimum atomic E-state index is -4.42. The van der Waals surface area contributed by atoms with Crippen LogP contribution < -0.4 is 11.1 Å². The minimum Gasteiger partial charge on any atom is -0.382 e. The van der Waals surface area contributed by atoms with Gasteiger partial charge < -0.3 is 11.1 Å². The first-order valence-electron chi connectivity index (χ1n) is 9.65. The number of hydrogen-bond donors (Lipinski definition) is 2. The van der Waals surface area contributed by atoms with Crippen LogP contribution >= 0.6 is 0 Å². The summed E-state index contributed by atoms with van der Waals surface area (Å²) >= 11 is 0. The number of nitrogen functional groups attached to an aromatic ring is 1. The van der Waals surface area contributed by atoms with E-state index in [9.17, 15) is 27.6 Å². The van der Waals surface area contributed by atoms with Crippen molar-refractivity contribution in [1.82, 2.24) is 15.1 Å². The number of nitrogens with one attached hydrogen (secondary N) is 1. The summed E-state index contributed by atoms with van der Waals surface area (Å²) in [6.07, 6.45) is -3.64. The van der Waals surface area contributed by atoms with E-state index in [0.717, 1.165) is 12.1 Å². The molecule has 0 saturated heterocycles. The number of aromatic nitrogens is 2. The molecule has 0 fully saturated rings. The summed E-state index contributed by atoms with van der Waals surface area (Å²) in [6.45, 7) is 0.285. The van der Waals surface area contributed by atoms with Crippen LogP contribution in [-0.4, -0.2) is 22.2 Å². The highest BCUT2D eigenvalue weighted by molar-refractivity contribution is 5.78. The topological polar surface area (TPSA) is 96.7 Å². The number of carbonyl (C=O) groups is 1. The molecule has 10 heteroatoms. The maximum atomic E-state index is 13.1. The van der Waals surface area contributed by atoms with Gasteiger partial charge in [0.05, 0.1) is 23.4 Å². The van der Waals surface area contributed by atoms with Crippen molar-refractivity contribution in [2.75, 3.05) is 12.3 Å². The monoisotopic (exact) mass is 445 g/mol. The fourth-order valence-corrected chi connectivity index (χ4v) is 3.10. The Morgan fingerprint density at radius 1 is 1.12 bits per heavy atom. The average molecular weight is 445 g/mol. The molecule has 0 bridgehead atoms. The Labute approximate surface area is 181 Å². The summed E-state index contributed by atoms with van der Waals surface area (Å²) in [5.74, 6) is -0.602. The van der Waals surface area contributed by atoms with E-state index in [1.165, 1.54) is 41.1 Å². The first kappa shape index (κ1) is 22.8. The number of amides is 1. The molecule has 3 rings (SSSR count). The number of hydrogen-bond acceptors (Lipinski definition) is 4. The number of nitrogens with zero attached hydrogens (tertiary/aromatic N) is 3. The van der Waals surface area contributed by atoms with Crippen LogP contribution in [0.2, 0.25) is 0 Å². The van der Waals surface area contributed by atoms with Gasteiger partial charge in [-0.05, 0) is 54.8 Å². The summed E-state index contributed by atoms with van der Waals surface area (Å²) in [5, 5.41) is 16.4. The van der Waals surface area contributed by atoms with Crippen molar-refractivity contribution in [2.45, 2.75) is 25.4 Å². The number of rotatable bonds is 7. The molecule has 0 unspecified atom stereocenters. The molecule has 32 heavy (non-hydrogen) atoms. The normalized spacial score (nSPS) is 11.2. The molecule has 1 aromatic heterocycles. The Balaban J connectivity index is 1.54. The van der Waals surface area contributed by atoms with Gasteiger partial charge in [-0.25, -0.2) is 9.07 Å². The molecule has 6 nitrogen and oxygen atoms in total. The Morgan fingerprint density at radius 3 is 2.38 bits per heavy atom.